The van der Waals surface area contributed by atoms with Crippen molar-refractivity contribution in [1.82, 2.24) is 15.1 Å². The highest BCUT2D eigenvalue weighted by molar-refractivity contribution is 5.81. The number of hydrogen-bond acceptors (Lipinski definition) is 4. The van der Waals surface area contributed by atoms with Gasteiger partial charge >= 0.3 is 0 Å². The number of nitrogens with zero attached hydrogens (tertiary/aromatic N) is 2. The molecule has 0 aromatic rings. The molecule has 0 aromatic carbocycles. The summed E-state index contributed by atoms with van der Waals surface area (Å²) in [7, 11) is 2.14. The van der Waals surface area contributed by atoms with E-state index in [0.29, 0.717) is 6.54 Å². The maximum absolute atomic E-state index is 11.7. The van der Waals surface area contributed by atoms with Gasteiger partial charge in [-0.2, -0.15) is 0 Å². The first-order chi connectivity index (χ1) is 8.63. The summed E-state index contributed by atoms with van der Waals surface area (Å²) in [6.07, 6.45) is 2.90. The van der Waals surface area contributed by atoms with Crippen molar-refractivity contribution in [2.24, 2.45) is 5.73 Å². The average Bonchev–Trinajstić information content (AvgIpc) is 2.38. The number of nitrogens with two attached hydrogens (primary N) is 1. The third-order valence-corrected chi connectivity index (χ3v) is 3.53. The Morgan fingerprint density at radius 2 is 2.00 bits per heavy atom. The zero-order chi connectivity index (χ0) is 13.4. The van der Waals surface area contributed by atoms with E-state index >= 15 is 0 Å². The summed E-state index contributed by atoms with van der Waals surface area (Å²) in [4.78, 5) is 16.4. The summed E-state index contributed by atoms with van der Waals surface area (Å²) < 4.78 is 0. The molecule has 3 N–H and O–H groups in total. The number of amides is 1. The second-order valence-electron chi connectivity index (χ2n) is 5.18. The highest BCUT2D eigenvalue weighted by Gasteiger charge is 2.15. The zero-order valence-electron chi connectivity index (χ0n) is 11.8. The summed E-state index contributed by atoms with van der Waals surface area (Å²) in [6.45, 7) is 8.16. The molecule has 0 saturated carbocycles. The Hall–Kier alpha value is -0.650. The van der Waals surface area contributed by atoms with Gasteiger partial charge in [0.05, 0.1) is 6.04 Å². The molecule has 5 nitrogen and oxygen atoms in total. The molecule has 1 aliphatic rings. The lowest BCUT2D eigenvalue weighted by Gasteiger charge is -2.32. The minimum atomic E-state index is -0.336. The summed E-state index contributed by atoms with van der Waals surface area (Å²) in [6, 6.07) is -0.336. The first-order valence-electron chi connectivity index (χ1n) is 7.07. The Bertz CT molecular complexity index is 239. The number of nitrogens with one attached hydrogen (secondary N) is 1. The van der Waals surface area contributed by atoms with Crippen molar-refractivity contribution in [3.63, 3.8) is 0 Å². The third-order valence-electron chi connectivity index (χ3n) is 3.53. The van der Waals surface area contributed by atoms with E-state index in [1.807, 2.05) is 0 Å². The lowest BCUT2D eigenvalue weighted by atomic mass is 10.1. The first-order valence-corrected chi connectivity index (χ1v) is 7.07. The van der Waals surface area contributed by atoms with E-state index < -0.39 is 0 Å². The van der Waals surface area contributed by atoms with Crippen molar-refractivity contribution < 1.29 is 4.79 Å². The molecule has 0 spiro atoms. The molecule has 0 aromatic heterocycles. The van der Waals surface area contributed by atoms with Crippen LogP contribution in [0, 0.1) is 0 Å². The zero-order valence-corrected chi connectivity index (χ0v) is 11.8. The second-order valence-corrected chi connectivity index (χ2v) is 5.18. The quantitative estimate of drug-likeness (QED) is 0.666. The van der Waals surface area contributed by atoms with Crippen molar-refractivity contribution in [1.29, 1.82) is 0 Å². The lowest BCUT2D eigenvalue weighted by Crippen LogP contribution is -2.48. The van der Waals surface area contributed by atoms with Gasteiger partial charge in [0.15, 0.2) is 0 Å². The van der Waals surface area contributed by atoms with Crippen LogP contribution in [0.4, 0.5) is 0 Å². The summed E-state index contributed by atoms with van der Waals surface area (Å²) in [5, 5.41) is 2.93. The Kier molecular flexibility index (Phi) is 7.23. The molecular weight excluding hydrogens is 228 g/mol. The molecule has 5 heteroatoms. The van der Waals surface area contributed by atoms with Crippen LogP contribution in [-0.2, 0) is 4.79 Å². The van der Waals surface area contributed by atoms with E-state index in [1.165, 1.54) is 0 Å². The third kappa shape index (κ3) is 5.80. The molecule has 0 radical (unpaired) electrons. The molecule has 1 rings (SSSR count). The number of carbonyl (C=O) groups is 1. The Labute approximate surface area is 111 Å². The molecule has 1 saturated heterocycles. The summed E-state index contributed by atoms with van der Waals surface area (Å²) >= 11 is 0. The highest BCUT2D eigenvalue weighted by atomic mass is 16.2. The van der Waals surface area contributed by atoms with Gasteiger partial charge < -0.3 is 16.0 Å². The number of rotatable bonds is 7. The predicted octanol–water partition coefficient (Wildman–Crippen LogP) is -0.132. The molecule has 0 aliphatic carbocycles. The minimum absolute atomic E-state index is 0.00224. The largest absolute Gasteiger partial charge is 0.353 e. The maximum atomic E-state index is 11.7. The van der Waals surface area contributed by atoms with Crippen LogP contribution in [0.1, 0.15) is 26.2 Å². The highest BCUT2D eigenvalue weighted by Crippen LogP contribution is 1.99. The summed E-state index contributed by atoms with van der Waals surface area (Å²) in [5.74, 6) is -0.00224. The van der Waals surface area contributed by atoms with Crippen molar-refractivity contribution >= 4 is 5.91 Å². The van der Waals surface area contributed by atoms with E-state index in [-0.39, 0.29) is 11.9 Å². The van der Waals surface area contributed by atoms with Crippen LogP contribution in [0.5, 0.6) is 0 Å². The van der Waals surface area contributed by atoms with E-state index in [9.17, 15) is 4.79 Å². The van der Waals surface area contributed by atoms with Crippen LogP contribution in [0.2, 0.25) is 0 Å². The lowest BCUT2D eigenvalue weighted by molar-refractivity contribution is -0.122. The number of likely N-dealkylation sites (N-methyl/N-ethyl adjacent to an activating group) is 1. The standard InChI is InChI=1S/C13H28N4O/c1-3-4-5-12(14)13(18)15-6-7-17-10-8-16(2)9-11-17/h12H,3-11,14H2,1-2H3,(H,15,18). The second kappa shape index (κ2) is 8.45. The molecule has 1 aliphatic heterocycles. The van der Waals surface area contributed by atoms with Gasteiger partial charge in [0.1, 0.15) is 0 Å². The van der Waals surface area contributed by atoms with Gasteiger partial charge in [-0.1, -0.05) is 19.8 Å². The molecule has 18 heavy (non-hydrogen) atoms. The molecule has 1 amide bonds. The van der Waals surface area contributed by atoms with Crippen LogP contribution >= 0.6 is 0 Å². The fourth-order valence-corrected chi connectivity index (χ4v) is 2.09. The molecule has 106 valence electrons. The van der Waals surface area contributed by atoms with Crippen LogP contribution in [0.25, 0.3) is 0 Å². The van der Waals surface area contributed by atoms with Crippen LogP contribution in [0.3, 0.4) is 0 Å². The number of unbranched alkanes of at least 4 members (excludes halogenated alkanes) is 1. The normalized spacial score (nSPS) is 19.7. The monoisotopic (exact) mass is 256 g/mol. The number of hydrogen-bond donors (Lipinski definition) is 2. The van der Waals surface area contributed by atoms with Crippen molar-refractivity contribution in [3.8, 4) is 0 Å². The average molecular weight is 256 g/mol. The molecule has 1 heterocycles. The fourth-order valence-electron chi connectivity index (χ4n) is 2.09. The van der Waals surface area contributed by atoms with Gasteiger partial charge in [0, 0.05) is 39.3 Å². The van der Waals surface area contributed by atoms with Crippen LogP contribution in [-0.4, -0.2) is 68.1 Å². The number of piperazine rings is 1. The van der Waals surface area contributed by atoms with E-state index in [0.717, 1.165) is 52.0 Å². The summed E-state index contributed by atoms with van der Waals surface area (Å²) in [5.41, 5.74) is 5.81. The van der Waals surface area contributed by atoms with Crippen molar-refractivity contribution in [2.75, 3.05) is 46.3 Å². The van der Waals surface area contributed by atoms with E-state index in [4.69, 9.17) is 5.73 Å². The molecule has 1 fully saturated rings. The van der Waals surface area contributed by atoms with Crippen LogP contribution < -0.4 is 11.1 Å². The SMILES string of the molecule is CCCCC(N)C(=O)NCCN1CCN(C)CC1. The predicted molar refractivity (Wildman–Crippen MR) is 74.4 cm³/mol. The van der Waals surface area contributed by atoms with E-state index in [2.05, 4.69) is 29.1 Å². The molecule has 0 bridgehead atoms. The Morgan fingerprint density at radius 1 is 1.33 bits per heavy atom. The van der Waals surface area contributed by atoms with Gasteiger partial charge in [0.2, 0.25) is 5.91 Å². The van der Waals surface area contributed by atoms with Gasteiger partial charge in [-0.3, -0.25) is 9.69 Å². The number of carbonyl (C=O) groups excluding carboxylic acids is 1. The first kappa shape index (κ1) is 15.4. The van der Waals surface area contributed by atoms with E-state index in [1.54, 1.807) is 0 Å². The smallest absolute Gasteiger partial charge is 0.236 e. The molecule has 1 unspecified atom stereocenters. The van der Waals surface area contributed by atoms with Crippen molar-refractivity contribution in [3.05, 3.63) is 0 Å². The van der Waals surface area contributed by atoms with Crippen molar-refractivity contribution in [2.45, 2.75) is 32.2 Å². The molecule has 1 atom stereocenters. The van der Waals surface area contributed by atoms with Gasteiger partial charge in [0.25, 0.3) is 0 Å². The van der Waals surface area contributed by atoms with Crippen LogP contribution in [0.15, 0.2) is 0 Å². The molecular formula is C13H28N4O. The Morgan fingerprint density at radius 3 is 2.61 bits per heavy atom. The van der Waals surface area contributed by atoms with Gasteiger partial charge in [-0.05, 0) is 13.5 Å². The van der Waals surface area contributed by atoms with Gasteiger partial charge in [-0.15, -0.1) is 0 Å². The minimum Gasteiger partial charge on any atom is -0.353 e. The maximum Gasteiger partial charge on any atom is 0.236 e. The topological polar surface area (TPSA) is 61.6 Å². The Balaban J connectivity index is 2.08. The fraction of sp³-hybridized carbons (Fsp3) is 0.923. The van der Waals surface area contributed by atoms with Gasteiger partial charge in [-0.25, -0.2) is 0 Å².